The van der Waals surface area contributed by atoms with Crippen LogP contribution in [-0.4, -0.2) is 4.92 Å². The van der Waals surface area contributed by atoms with E-state index in [0.717, 1.165) is 17.3 Å². The van der Waals surface area contributed by atoms with Crippen LogP contribution in [0.25, 0.3) is 6.08 Å². The van der Waals surface area contributed by atoms with Gasteiger partial charge in [0.2, 0.25) is 6.20 Å². The molecular formula is C9H8ClNO2. The van der Waals surface area contributed by atoms with E-state index in [9.17, 15) is 10.1 Å². The van der Waals surface area contributed by atoms with Gasteiger partial charge in [0.15, 0.2) is 0 Å². The summed E-state index contributed by atoms with van der Waals surface area (Å²) in [4.78, 5) is 9.52. The lowest BCUT2D eigenvalue weighted by Gasteiger charge is -1.97. The number of nitro groups is 1. The van der Waals surface area contributed by atoms with Crippen LogP contribution in [0.15, 0.2) is 24.4 Å². The second kappa shape index (κ2) is 4.05. The summed E-state index contributed by atoms with van der Waals surface area (Å²) in [7, 11) is 0. The molecule has 0 bridgehead atoms. The highest BCUT2D eigenvalue weighted by Gasteiger charge is 1.95. The second-order valence-corrected chi connectivity index (χ2v) is 3.02. The maximum Gasteiger partial charge on any atom is 0.235 e. The summed E-state index contributed by atoms with van der Waals surface area (Å²) in [6, 6.07) is 5.24. The highest BCUT2D eigenvalue weighted by Crippen LogP contribution is 2.16. The van der Waals surface area contributed by atoms with Gasteiger partial charge in [-0.15, -0.1) is 0 Å². The van der Waals surface area contributed by atoms with Gasteiger partial charge >= 0.3 is 0 Å². The molecule has 0 aliphatic heterocycles. The van der Waals surface area contributed by atoms with Crippen molar-refractivity contribution in [1.29, 1.82) is 0 Å². The normalized spacial score (nSPS) is 10.6. The zero-order chi connectivity index (χ0) is 9.84. The Morgan fingerprint density at radius 2 is 2.23 bits per heavy atom. The lowest BCUT2D eigenvalue weighted by Crippen LogP contribution is -1.83. The van der Waals surface area contributed by atoms with Crippen LogP contribution in [0.5, 0.6) is 0 Å². The first-order valence-electron chi connectivity index (χ1n) is 3.67. The quantitative estimate of drug-likeness (QED) is 0.541. The Hall–Kier alpha value is -1.35. The maximum atomic E-state index is 10.0. The molecule has 0 atom stereocenters. The molecule has 1 aromatic rings. The van der Waals surface area contributed by atoms with E-state index in [4.69, 9.17) is 11.6 Å². The SMILES string of the molecule is Cc1cc(C=C[N+](=O)[O-])ccc1Cl. The Morgan fingerprint density at radius 3 is 2.77 bits per heavy atom. The summed E-state index contributed by atoms with van der Waals surface area (Å²) in [6.45, 7) is 1.85. The van der Waals surface area contributed by atoms with E-state index in [1.165, 1.54) is 6.08 Å². The summed E-state index contributed by atoms with van der Waals surface area (Å²) in [5.41, 5.74) is 1.69. The average Bonchev–Trinajstić information content (AvgIpc) is 2.07. The molecule has 4 heteroatoms. The third-order valence-electron chi connectivity index (χ3n) is 1.57. The minimum absolute atomic E-state index is 0.496. The number of hydrogen-bond donors (Lipinski definition) is 0. The van der Waals surface area contributed by atoms with Crippen LogP contribution < -0.4 is 0 Å². The molecule has 0 heterocycles. The van der Waals surface area contributed by atoms with E-state index in [1.807, 2.05) is 6.92 Å². The number of nitrogens with zero attached hydrogens (tertiary/aromatic N) is 1. The van der Waals surface area contributed by atoms with Gasteiger partial charge in [-0.25, -0.2) is 0 Å². The summed E-state index contributed by atoms with van der Waals surface area (Å²) < 4.78 is 0. The van der Waals surface area contributed by atoms with Crippen molar-refractivity contribution < 1.29 is 4.92 Å². The zero-order valence-corrected chi connectivity index (χ0v) is 7.78. The molecule has 0 aromatic heterocycles. The molecule has 1 aromatic carbocycles. The first-order valence-corrected chi connectivity index (χ1v) is 4.05. The first kappa shape index (κ1) is 9.74. The molecule has 0 aliphatic rings. The Labute approximate surface area is 80.8 Å². The summed E-state index contributed by atoms with van der Waals surface area (Å²) in [6.07, 6.45) is 2.34. The maximum absolute atomic E-state index is 10.0. The summed E-state index contributed by atoms with van der Waals surface area (Å²) in [5.74, 6) is 0. The highest BCUT2D eigenvalue weighted by molar-refractivity contribution is 6.31. The van der Waals surface area contributed by atoms with Gasteiger partial charge in [0, 0.05) is 11.1 Å². The van der Waals surface area contributed by atoms with Crippen molar-refractivity contribution in [3.8, 4) is 0 Å². The third-order valence-corrected chi connectivity index (χ3v) is 1.99. The molecule has 0 fully saturated rings. The lowest BCUT2D eigenvalue weighted by atomic mass is 10.1. The monoisotopic (exact) mass is 197 g/mol. The van der Waals surface area contributed by atoms with E-state index in [2.05, 4.69) is 0 Å². The van der Waals surface area contributed by atoms with Gasteiger partial charge in [-0.1, -0.05) is 23.7 Å². The largest absolute Gasteiger partial charge is 0.259 e. The first-order chi connectivity index (χ1) is 6.09. The van der Waals surface area contributed by atoms with Crippen molar-refractivity contribution in [2.45, 2.75) is 6.92 Å². The number of aryl methyl sites for hydroxylation is 1. The van der Waals surface area contributed by atoms with Crippen molar-refractivity contribution in [2.24, 2.45) is 0 Å². The Kier molecular flexibility index (Phi) is 3.03. The van der Waals surface area contributed by atoms with Crippen molar-refractivity contribution in [3.63, 3.8) is 0 Å². The number of halogens is 1. The molecule has 0 saturated heterocycles. The van der Waals surface area contributed by atoms with Crippen molar-refractivity contribution in [1.82, 2.24) is 0 Å². The molecule has 0 N–H and O–H groups in total. The van der Waals surface area contributed by atoms with Gasteiger partial charge < -0.3 is 0 Å². The van der Waals surface area contributed by atoms with Gasteiger partial charge in [0.05, 0.1) is 4.92 Å². The fourth-order valence-corrected chi connectivity index (χ4v) is 1.04. The lowest BCUT2D eigenvalue weighted by molar-refractivity contribution is -0.400. The van der Waals surface area contributed by atoms with Crippen molar-refractivity contribution >= 4 is 17.7 Å². The van der Waals surface area contributed by atoms with Crippen molar-refractivity contribution in [3.05, 3.63) is 50.7 Å². The standard InChI is InChI=1S/C9H8ClNO2/c1-7-6-8(2-3-9(7)10)4-5-11(12)13/h2-6H,1H3. The Morgan fingerprint density at radius 1 is 1.54 bits per heavy atom. The van der Waals surface area contributed by atoms with Crippen molar-refractivity contribution in [2.75, 3.05) is 0 Å². The van der Waals surface area contributed by atoms with Gasteiger partial charge in [-0.05, 0) is 24.1 Å². The summed E-state index contributed by atoms with van der Waals surface area (Å²) >= 11 is 5.79. The fraction of sp³-hybridized carbons (Fsp3) is 0.111. The van der Waals surface area contributed by atoms with Gasteiger partial charge in [0.1, 0.15) is 0 Å². The van der Waals surface area contributed by atoms with Crippen LogP contribution in [0.1, 0.15) is 11.1 Å². The van der Waals surface area contributed by atoms with Crippen LogP contribution in [0.4, 0.5) is 0 Å². The van der Waals surface area contributed by atoms with Crippen LogP contribution in [-0.2, 0) is 0 Å². The Bertz CT molecular complexity index is 361. The van der Waals surface area contributed by atoms with Gasteiger partial charge in [0.25, 0.3) is 0 Å². The smallest absolute Gasteiger partial charge is 0.235 e. The number of hydrogen-bond acceptors (Lipinski definition) is 2. The van der Waals surface area contributed by atoms with E-state index < -0.39 is 4.92 Å². The van der Waals surface area contributed by atoms with Crippen LogP contribution in [0, 0.1) is 17.0 Å². The minimum atomic E-state index is -0.496. The zero-order valence-electron chi connectivity index (χ0n) is 7.03. The molecule has 1 rings (SSSR count). The van der Waals surface area contributed by atoms with Crippen LogP contribution >= 0.6 is 11.6 Å². The number of benzene rings is 1. The average molecular weight is 198 g/mol. The molecule has 68 valence electrons. The fourth-order valence-electron chi connectivity index (χ4n) is 0.918. The molecule has 0 amide bonds. The van der Waals surface area contributed by atoms with Gasteiger partial charge in [-0.3, -0.25) is 10.1 Å². The molecule has 13 heavy (non-hydrogen) atoms. The molecule has 0 unspecified atom stereocenters. The highest BCUT2D eigenvalue weighted by atomic mass is 35.5. The van der Waals surface area contributed by atoms with E-state index >= 15 is 0 Å². The van der Waals surface area contributed by atoms with Gasteiger partial charge in [-0.2, -0.15) is 0 Å². The molecular weight excluding hydrogens is 190 g/mol. The predicted octanol–water partition coefficient (Wildman–Crippen LogP) is 2.90. The molecule has 0 spiro atoms. The van der Waals surface area contributed by atoms with Crippen LogP contribution in [0.3, 0.4) is 0 Å². The Balaban J connectivity index is 2.92. The second-order valence-electron chi connectivity index (χ2n) is 2.61. The number of rotatable bonds is 2. The third kappa shape index (κ3) is 2.87. The van der Waals surface area contributed by atoms with E-state index in [1.54, 1.807) is 18.2 Å². The topological polar surface area (TPSA) is 43.1 Å². The molecule has 0 radical (unpaired) electrons. The molecule has 0 aliphatic carbocycles. The van der Waals surface area contributed by atoms with E-state index in [0.29, 0.717) is 5.02 Å². The van der Waals surface area contributed by atoms with E-state index in [-0.39, 0.29) is 0 Å². The molecule has 0 saturated carbocycles. The summed E-state index contributed by atoms with van der Waals surface area (Å²) in [5, 5.41) is 10.7. The molecule has 3 nitrogen and oxygen atoms in total. The van der Waals surface area contributed by atoms with Crippen LogP contribution in [0.2, 0.25) is 5.02 Å². The predicted molar refractivity (Wildman–Crippen MR) is 52.2 cm³/mol. The minimum Gasteiger partial charge on any atom is -0.259 e.